The zero-order valence-corrected chi connectivity index (χ0v) is 12.7. The van der Waals surface area contributed by atoms with E-state index >= 15 is 0 Å². The van der Waals surface area contributed by atoms with E-state index in [-0.39, 0.29) is 12.5 Å². The summed E-state index contributed by atoms with van der Waals surface area (Å²) in [6.45, 7) is 6.15. The minimum Gasteiger partial charge on any atom is -0.444 e. The predicted molar refractivity (Wildman–Crippen MR) is 78.0 cm³/mol. The summed E-state index contributed by atoms with van der Waals surface area (Å²) in [4.78, 5) is 13.6. The summed E-state index contributed by atoms with van der Waals surface area (Å²) in [7, 11) is 0. The van der Waals surface area contributed by atoms with E-state index in [4.69, 9.17) is 16.3 Å². The fraction of sp³-hybridized carbons (Fsp3) is 0.533. The molecule has 1 aromatic carbocycles. The van der Waals surface area contributed by atoms with Gasteiger partial charge in [0.25, 0.3) is 0 Å². The average molecular weight is 298 g/mol. The lowest BCUT2D eigenvalue weighted by atomic mass is 9.96. The van der Waals surface area contributed by atoms with E-state index in [9.17, 15) is 9.90 Å². The number of halogens is 1. The molecule has 4 nitrogen and oxygen atoms in total. The molecule has 0 aromatic heterocycles. The van der Waals surface area contributed by atoms with Crippen molar-refractivity contribution in [2.45, 2.75) is 38.4 Å². The van der Waals surface area contributed by atoms with E-state index < -0.39 is 17.8 Å². The first kappa shape index (κ1) is 15.1. The maximum Gasteiger partial charge on any atom is 0.410 e. The zero-order chi connectivity index (χ0) is 14.9. The van der Waals surface area contributed by atoms with Crippen LogP contribution in [0.4, 0.5) is 4.79 Å². The Morgan fingerprint density at radius 1 is 1.35 bits per heavy atom. The van der Waals surface area contributed by atoms with Gasteiger partial charge >= 0.3 is 6.09 Å². The molecule has 2 rings (SSSR count). The normalized spacial score (nSPS) is 22.9. The third-order valence-corrected chi connectivity index (χ3v) is 3.59. The highest BCUT2D eigenvalue weighted by molar-refractivity contribution is 6.31. The Bertz CT molecular complexity index is 498. The largest absolute Gasteiger partial charge is 0.444 e. The molecule has 110 valence electrons. The maximum absolute atomic E-state index is 12.0. The van der Waals surface area contributed by atoms with Crippen molar-refractivity contribution in [3.8, 4) is 0 Å². The van der Waals surface area contributed by atoms with Gasteiger partial charge < -0.3 is 14.7 Å². The lowest BCUT2D eigenvalue weighted by Gasteiger charge is -2.24. The highest BCUT2D eigenvalue weighted by Gasteiger charge is 2.37. The predicted octanol–water partition coefficient (Wildman–Crippen LogP) is 3.04. The molecule has 1 heterocycles. The molecule has 0 aliphatic carbocycles. The third kappa shape index (κ3) is 3.44. The second-order valence-corrected chi connectivity index (χ2v) is 6.49. The van der Waals surface area contributed by atoms with Crippen LogP contribution in [-0.2, 0) is 4.74 Å². The number of nitrogens with zero attached hydrogens (tertiary/aromatic N) is 1. The van der Waals surface area contributed by atoms with Gasteiger partial charge in [0.1, 0.15) is 5.60 Å². The first-order valence-electron chi connectivity index (χ1n) is 6.68. The van der Waals surface area contributed by atoms with E-state index in [0.717, 1.165) is 5.56 Å². The summed E-state index contributed by atoms with van der Waals surface area (Å²) in [5.74, 6) is -0.170. The molecule has 1 saturated heterocycles. The van der Waals surface area contributed by atoms with Crippen LogP contribution >= 0.6 is 11.6 Å². The summed E-state index contributed by atoms with van der Waals surface area (Å²) in [5, 5.41) is 10.8. The van der Waals surface area contributed by atoms with Crippen molar-refractivity contribution in [1.29, 1.82) is 0 Å². The van der Waals surface area contributed by atoms with Crippen LogP contribution < -0.4 is 0 Å². The molecule has 1 aliphatic rings. The Morgan fingerprint density at radius 2 is 2.00 bits per heavy atom. The summed E-state index contributed by atoms with van der Waals surface area (Å²) >= 11 is 6.16. The average Bonchev–Trinajstić information content (AvgIpc) is 2.70. The zero-order valence-electron chi connectivity index (χ0n) is 12.0. The Hall–Kier alpha value is -1.26. The topological polar surface area (TPSA) is 49.8 Å². The number of carbonyl (C=O) groups excluding carboxylic acids is 1. The molecule has 1 aliphatic heterocycles. The number of aliphatic hydroxyl groups excluding tert-OH is 1. The minimum absolute atomic E-state index is 0.170. The van der Waals surface area contributed by atoms with Gasteiger partial charge in [0.2, 0.25) is 0 Å². The van der Waals surface area contributed by atoms with Gasteiger partial charge in [0.05, 0.1) is 12.6 Å². The fourth-order valence-electron chi connectivity index (χ4n) is 2.34. The highest BCUT2D eigenvalue weighted by atomic mass is 35.5. The van der Waals surface area contributed by atoms with Gasteiger partial charge in [-0.05, 0) is 32.4 Å². The van der Waals surface area contributed by atoms with Crippen LogP contribution in [0.25, 0.3) is 0 Å². The number of likely N-dealkylation sites (tertiary alicyclic amines) is 1. The summed E-state index contributed by atoms with van der Waals surface area (Å²) in [5.41, 5.74) is 0.331. The van der Waals surface area contributed by atoms with Gasteiger partial charge in [-0.1, -0.05) is 29.8 Å². The Kier molecular flexibility index (Phi) is 4.25. The lowest BCUT2D eigenvalue weighted by Crippen LogP contribution is -2.35. The standard InChI is InChI=1S/C15H20ClNO3/c1-15(2,3)20-14(19)17-8-11(13(18)9-17)10-6-4-5-7-12(10)16/h4-7,11,13,18H,8-9H2,1-3H3. The van der Waals surface area contributed by atoms with Crippen molar-refractivity contribution >= 4 is 17.7 Å². The van der Waals surface area contributed by atoms with Crippen LogP contribution in [0.3, 0.4) is 0 Å². The molecule has 0 saturated carbocycles. The number of rotatable bonds is 1. The molecule has 1 aromatic rings. The summed E-state index contributed by atoms with van der Waals surface area (Å²) in [6.07, 6.45) is -1.02. The van der Waals surface area contributed by atoms with Crippen molar-refractivity contribution in [2.75, 3.05) is 13.1 Å². The first-order valence-corrected chi connectivity index (χ1v) is 7.06. The third-order valence-electron chi connectivity index (χ3n) is 3.25. The number of β-amino-alcohol motifs (C(OH)–C–C–N with tert-alkyl or cyclic N) is 1. The van der Waals surface area contributed by atoms with Crippen LogP contribution in [0.5, 0.6) is 0 Å². The molecule has 0 radical (unpaired) electrons. The van der Waals surface area contributed by atoms with Gasteiger partial charge in [-0.3, -0.25) is 0 Å². The summed E-state index contributed by atoms with van der Waals surface area (Å²) in [6, 6.07) is 7.40. The first-order chi connectivity index (χ1) is 9.28. The van der Waals surface area contributed by atoms with Crippen LogP contribution in [-0.4, -0.2) is 40.9 Å². The molecule has 2 unspecified atom stereocenters. The van der Waals surface area contributed by atoms with Gasteiger partial charge in [0, 0.05) is 17.5 Å². The molecule has 0 spiro atoms. The molecule has 1 amide bonds. The molecule has 5 heteroatoms. The fourth-order valence-corrected chi connectivity index (χ4v) is 2.62. The SMILES string of the molecule is CC(C)(C)OC(=O)N1CC(O)C(c2ccccc2Cl)C1. The highest BCUT2D eigenvalue weighted by Crippen LogP contribution is 2.32. The number of carbonyl (C=O) groups is 1. The van der Waals surface area contributed by atoms with E-state index in [1.807, 2.05) is 39.0 Å². The molecular formula is C15H20ClNO3. The quantitative estimate of drug-likeness (QED) is 0.867. The van der Waals surface area contributed by atoms with Crippen molar-refractivity contribution < 1.29 is 14.6 Å². The maximum atomic E-state index is 12.0. The van der Waals surface area contributed by atoms with Crippen LogP contribution in [0.2, 0.25) is 5.02 Å². The number of amides is 1. The monoisotopic (exact) mass is 297 g/mol. The number of hydrogen-bond donors (Lipinski definition) is 1. The molecule has 1 N–H and O–H groups in total. The van der Waals surface area contributed by atoms with Gasteiger partial charge in [-0.15, -0.1) is 0 Å². The molecule has 0 bridgehead atoms. The molecule has 20 heavy (non-hydrogen) atoms. The Labute approximate surface area is 124 Å². The van der Waals surface area contributed by atoms with Gasteiger partial charge in [-0.2, -0.15) is 0 Å². The van der Waals surface area contributed by atoms with Crippen molar-refractivity contribution in [3.63, 3.8) is 0 Å². The van der Waals surface area contributed by atoms with Crippen LogP contribution in [0, 0.1) is 0 Å². The van der Waals surface area contributed by atoms with Crippen molar-refractivity contribution in [3.05, 3.63) is 34.9 Å². The smallest absolute Gasteiger partial charge is 0.410 e. The number of hydrogen-bond acceptors (Lipinski definition) is 3. The lowest BCUT2D eigenvalue weighted by molar-refractivity contribution is 0.0270. The molecular weight excluding hydrogens is 278 g/mol. The molecule has 2 atom stereocenters. The Morgan fingerprint density at radius 3 is 2.60 bits per heavy atom. The van der Waals surface area contributed by atoms with E-state index in [0.29, 0.717) is 11.6 Å². The van der Waals surface area contributed by atoms with Gasteiger partial charge in [-0.25, -0.2) is 4.79 Å². The van der Waals surface area contributed by atoms with E-state index in [2.05, 4.69) is 0 Å². The van der Waals surface area contributed by atoms with Gasteiger partial charge in [0.15, 0.2) is 0 Å². The van der Waals surface area contributed by atoms with Crippen molar-refractivity contribution in [2.24, 2.45) is 0 Å². The van der Waals surface area contributed by atoms with Crippen LogP contribution in [0.1, 0.15) is 32.3 Å². The summed E-state index contributed by atoms with van der Waals surface area (Å²) < 4.78 is 5.33. The molecule has 1 fully saturated rings. The van der Waals surface area contributed by atoms with Crippen LogP contribution in [0.15, 0.2) is 24.3 Å². The second-order valence-electron chi connectivity index (χ2n) is 6.08. The number of aliphatic hydroxyl groups is 1. The van der Waals surface area contributed by atoms with E-state index in [1.54, 1.807) is 6.07 Å². The minimum atomic E-state index is -0.623. The second kappa shape index (κ2) is 5.62. The number of benzene rings is 1. The van der Waals surface area contributed by atoms with E-state index in [1.165, 1.54) is 4.90 Å². The Balaban J connectivity index is 2.10. The number of ether oxygens (including phenoxy) is 1. The van der Waals surface area contributed by atoms with Crippen molar-refractivity contribution in [1.82, 2.24) is 4.90 Å².